The number of nitrogens with two attached hydrogens (primary N) is 1. The maximum absolute atomic E-state index is 12.9. The minimum atomic E-state index is -3.57. The van der Waals surface area contributed by atoms with E-state index < -0.39 is 32.3 Å². The fourth-order valence-electron chi connectivity index (χ4n) is 2.89. The summed E-state index contributed by atoms with van der Waals surface area (Å²) in [5.74, 6) is -1.87. The number of thioether (sulfide) groups is 1. The minimum Gasteiger partial charge on any atom is -0.381 e. The van der Waals surface area contributed by atoms with Gasteiger partial charge in [0.15, 0.2) is 9.84 Å². The molecule has 26 heavy (non-hydrogen) atoms. The van der Waals surface area contributed by atoms with Crippen LogP contribution in [0.5, 0.6) is 0 Å². The number of carbonyl (C=O) groups is 2. The zero-order valence-corrected chi connectivity index (χ0v) is 16.6. The van der Waals surface area contributed by atoms with Gasteiger partial charge in [0.1, 0.15) is 0 Å². The molecule has 1 saturated heterocycles. The van der Waals surface area contributed by atoms with Crippen LogP contribution in [-0.2, 0) is 19.4 Å². The number of thiophene rings is 1. The SMILES string of the molecule is Cc1ccc(C(=O)NC2SC(S(=O)(=O)C3CCOCC3)=CC2C(N)=O)s1. The molecule has 1 fully saturated rings. The van der Waals surface area contributed by atoms with E-state index in [0.717, 1.165) is 16.6 Å². The van der Waals surface area contributed by atoms with Crippen LogP contribution in [0.1, 0.15) is 27.4 Å². The minimum absolute atomic E-state index is 0.112. The normalized spacial score (nSPS) is 24.3. The number of carbonyl (C=O) groups excluding carboxylic acids is 2. The average Bonchev–Trinajstić information content (AvgIpc) is 3.22. The van der Waals surface area contributed by atoms with Crippen molar-refractivity contribution in [2.45, 2.75) is 30.4 Å². The van der Waals surface area contributed by atoms with Crippen LogP contribution in [-0.4, -0.2) is 44.1 Å². The molecular formula is C16H20N2O5S3. The van der Waals surface area contributed by atoms with Crippen LogP contribution in [0.3, 0.4) is 0 Å². The summed E-state index contributed by atoms with van der Waals surface area (Å²) in [5.41, 5.74) is 5.43. The molecule has 1 aromatic heterocycles. The first kappa shape index (κ1) is 19.4. The van der Waals surface area contributed by atoms with E-state index >= 15 is 0 Å². The Morgan fingerprint density at radius 2 is 1.96 bits per heavy atom. The lowest BCUT2D eigenvalue weighted by molar-refractivity contribution is -0.120. The first-order chi connectivity index (χ1) is 12.3. The molecule has 3 rings (SSSR count). The van der Waals surface area contributed by atoms with E-state index in [9.17, 15) is 18.0 Å². The Hall–Kier alpha value is -1.36. The zero-order chi connectivity index (χ0) is 18.9. The topological polar surface area (TPSA) is 116 Å². The zero-order valence-electron chi connectivity index (χ0n) is 14.1. The largest absolute Gasteiger partial charge is 0.381 e. The molecule has 3 N–H and O–H groups in total. The number of sulfone groups is 1. The summed E-state index contributed by atoms with van der Waals surface area (Å²) in [6.07, 6.45) is 2.22. The second kappa shape index (κ2) is 7.71. The van der Waals surface area contributed by atoms with Crippen LogP contribution in [0.2, 0.25) is 0 Å². The molecule has 2 unspecified atom stereocenters. The van der Waals surface area contributed by atoms with E-state index in [-0.39, 0.29) is 10.1 Å². The number of primary amides is 1. The molecule has 1 aromatic rings. The van der Waals surface area contributed by atoms with Crippen LogP contribution in [0.4, 0.5) is 0 Å². The smallest absolute Gasteiger partial charge is 0.262 e. The molecule has 0 spiro atoms. The van der Waals surface area contributed by atoms with Gasteiger partial charge in [0.25, 0.3) is 5.91 Å². The number of amides is 2. The number of aryl methyl sites for hydroxylation is 1. The summed E-state index contributed by atoms with van der Waals surface area (Å²) in [5, 5.41) is 1.48. The highest BCUT2D eigenvalue weighted by atomic mass is 32.3. The Bertz CT molecular complexity index is 840. The third kappa shape index (κ3) is 3.98. The molecule has 0 radical (unpaired) electrons. The average molecular weight is 417 g/mol. The van der Waals surface area contributed by atoms with Crippen LogP contribution in [0.25, 0.3) is 0 Å². The molecule has 3 heterocycles. The van der Waals surface area contributed by atoms with Gasteiger partial charge in [-0.05, 0) is 38.0 Å². The van der Waals surface area contributed by atoms with E-state index in [1.807, 2.05) is 13.0 Å². The molecule has 0 aliphatic carbocycles. The first-order valence-corrected chi connectivity index (χ1v) is 11.4. The second-order valence-electron chi connectivity index (χ2n) is 6.19. The van der Waals surface area contributed by atoms with Gasteiger partial charge in [-0.2, -0.15) is 0 Å². The summed E-state index contributed by atoms with van der Waals surface area (Å²) in [4.78, 5) is 25.7. The number of rotatable bonds is 5. The second-order valence-corrected chi connectivity index (χ2v) is 11.1. The lowest BCUT2D eigenvalue weighted by Crippen LogP contribution is -2.40. The van der Waals surface area contributed by atoms with E-state index in [4.69, 9.17) is 10.5 Å². The van der Waals surface area contributed by atoms with Gasteiger partial charge in [-0.1, -0.05) is 11.8 Å². The Morgan fingerprint density at radius 3 is 2.54 bits per heavy atom. The van der Waals surface area contributed by atoms with Crippen LogP contribution in [0, 0.1) is 12.8 Å². The molecule has 0 aromatic carbocycles. The third-order valence-electron chi connectivity index (χ3n) is 4.34. The molecule has 0 bridgehead atoms. The maximum Gasteiger partial charge on any atom is 0.262 e. The van der Waals surface area contributed by atoms with Gasteiger partial charge < -0.3 is 15.8 Å². The van der Waals surface area contributed by atoms with E-state index in [2.05, 4.69) is 5.32 Å². The molecule has 2 aliphatic heterocycles. The fraction of sp³-hybridized carbons (Fsp3) is 0.500. The number of hydrogen-bond donors (Lipinski definition) is 2. The van der Waals surface area contributed by atoms with Gasteiger partial charge in [0, 0.05) is 18.1 Å². The predicted octanol–water partition coefficient (Wildman–Crippen LogP) is 1.40. The molecule has 2 aliphatic rings. The molecule has 142 valence electrons. The van der Waals surface area contributed by atoms with Crippen LogP contribution >= 0.6 is 23.1 Å². The summed E-state index contributed by atoms with van der Waals surface area (Å²) in [6.45, 7) is 2.69. The van der Waals surface area contributed by atoms with Crippen molar-refractivity contribution in [1.82, 2.24) is 5.32 Å². The van der Waals surface area contributed by atoms with E-state index in [1.165, 1.54) is 17.4 Å². The van der Waals surface area contributed by atoms with Gasteiger partial charge >= 0.3 is 0 Å². The van der Waals surface area contributed by atoms with Crippen molar-refractivity contribution >= 4 is 44.8 Å². The molecule has 10 heteroatoms. The van der Waals surface area contributed by atoms with Crippen molar-refractivity contribution < 1.29 is 22.7 Å². The van der Waals surface area contributed by atoms with Crippen molar-refractivity contribution in [3.05, 3.63) is 32.2 Å². The molecule has 2 atom stereocenters. The lowest BCUT2D eigenvalue weighted by atomic mass is 10.1. The highest BCUT2D eigenvalue weighted by Gasteiger charge is 2.41. The van der Waals surface area contributed by atoms with Crippen molar-refractivity contribution in [2.24, 2.45) is 11.7 Å². The van der Waals surface area contributed by atoms with Crippen LogP contribution < -0.4 is 11.1 Å². The summed E-state index contributed by atoms with van der Waals surface area (Å²) in [7, 11) is -3.57. The van der Waals surface area contributed by atoms with Gasteiger partial charge in [0.2, 0.25) is 5.91 Å². The quantitative estimate of drug-likeness (QED) is 0.750. The number of ether oxygens (including phenoxy) is 1. The molecular weight excluding hydrogens is 396 g/mol. The summed E-state index contributed by atoms with van der Waals surface area (Å²) < 4.78 is 31.0. The first-order valence-electron chi connectivity index (χ1n) is 8.16. The highest BCUT2D eigenvalue weighted by Crippen LogP contribution is 2.41. The van der Waals surface area contributed by atoms with E-state index in [1.54, 1.807) is 6.07 Å². The molecule has 0 saturated carbocycles. The number of nitrogens with one attached hydrogen (secondary N) is 1. The Kier molecular flexibility index (Phi) is 5.75. The van der Waals surface area contributed by atoms with Crippen LogP contribution in [0.15, 0.2) is 22.4 Å². The van der Waals surface area contributed by atoms with E-state index in [0.29, 0.717) is 30.9 Å². The van der Waals surface area contributed by atoms with Crippen molar-refractivity contribution in [1.29, 1.82) is 0 Å². The Morgan fingerprint density at radius 1 is 1.27 bits per heavy atom. The van der Waals surface area contributed by atoms with Gasteiger partial charge in [0.05, 0.1) is 25.7 Å². The molecule has 2 amide bonds. The highest BCUT2D eigenvalue weighted by molar-refractivity contribution is 8.19. The lowest BCUT2D eigenvalue weighted by Gasteiger charge is -2.22. The number of hydrogen-bond acceptors (Lipinski definition) is 7. The van der Waals surface area contributed by atoms with Crippen molar-refractivity contribution in [3.63, 3.8) is 0 Å². The van der Waals surface area contributed by atoms with Gasteiger partial charge in [-0.25, -0.2) is 8.42 Å². The van der Waals surface area contributed by atoms with Crippen molar-refractivity contribution in [2.75, 3.05) is 13.2 Å². The van der Waals surface area contributed by atoms with Gasteiger partial charge in [-0.3, -0.25) is 9.59 Å². The standard InChI is InChI=1S/C16H20N2O5S3/c1-9-2-3-12(24-9)15(20)18-16-11(14(17)19)8-13(25-16)26(21,22)10-4-6-23-7-5-10/h2-3,8,10-11,16H,4-7H2,1H3,(H2,17,19)(H,18,20). The monoisotopic (exact) mass is 416 g/mol. The predicted molar refractivity (Wildman–Crippen MR) is 101 cm³/mol. The van der Waals surface area contributed by atoms with Gasteiger partial charge in [-0.15, -0.1) is 11.3 Å². The summed E-state index contributed by atoms with van der Waals surface area (Å²) in [6, 6.07) is 3.52. The Balaban J connectivity index is 1.77. The maximum atomic E-state index is 12.9. The summed E-state index contributed by atoms with van der Waals surface area (Å²) >= 11 is 2.31. The third-order valence-corrected chi connectivity index (χ3v) is 9.40. The molecule has 7 nitrogen and oxygen atoms in total. The Labute approximate surface area is 160 Å². The van der Waals surface area contributed by atoms with Crippen molar-refractivity contribution in [3.8, 4) is 0 Å². The fourth-order valence-corrected chi connectivity index (χ4v) is 7.40.